The van der Waals surface area contributed by atoms with Gasteiger partial charge in [0.1, 0.15) is 0 Å². The Labute approximate surface area is 121 Å². The van der Waals surface area contributed by atoms with E-state index in [0.717, 1.165) is 32.5 Å². The molecule has 0 aromatic rings. The second-order valence-electron chi connectivity index (χ2n) is 6.99. The number of hydrogen-bond acceptors (Lipinski definition) is 4. The number of carboxylic acid groups (broad SMARTS) is 1. The van der Waals surface area contributed by atoms with Crippen molar-refractivity contribution in [3.8, 4) is 0 Å². The highest BCUT2D eigenvalue weighted by Crippen LogP contribution is 2.36. The third kappa shape index (κ3) is 3.71. The smallest absolute Gasteiger partial charge is 0.304 e. The molecule has 2 unspecified atom stereocenters. The molecule has 2 aliphatic rings. The van der Waals surface area contributed by atoms with Gasteiger partial charge < -0.3 is 14.6 Å². The quantitative estimate of drug-likeness (QED) is 0.855. The van der Waals surface area contributed by atoms with Gasteiger partial charge in [-0.3, -0.25) is 9.69 Å². The summed E-state index contributed by atoms with van der Waals surface area (Å²) >= 11 is 0. The molecule has 5 heteroatoms. The van der Waals surface area contributed by atoms with Crippen LogP contribution in [-0.2, 0) is 14.3 Å². The van der Waals surface area contributed by atoms with Crippen LogP contribution < -0.4 is 0 Å². The minimum Gasteiger partial charge on any atom is -0.481 e. The second kappa shape index (κ2) is 6.00. The first kappa shape index (κ1) is 15.7. The molecule has 0 amide bonds. The molecule has 2 atom stereocenters. The molecular weight excluding hydrogens is 258 g/mol. The van der Waals surface area contributed by atoms with Crippen molar-refractivity contribution in [1.82, 2.24) is 4.90 Å². The number of ether oxygens (including phenoxy) is 2. The second-order valence-corrected chi connectivity index (χ2v) is 6.99. The number of carbonyl (C=O) groups is 1. The Kier molecular flexibility index (Phi) is 4.72. The lowest BCUT2D eigenvalue weighted by Gasteiger charge is -2.47. The summed E-state index contributed by atoms with van der Waals surface area (Å²) in [6.45, 7) is 9.26. The molecule has 2 saturated heterocycles. The van der Waals surface area contributed by atoms with Crippen molar-refractivity contribution in [1.29, 1.82) is 0 Å². The van der Waals surface area contributed by atoms with E-state index in [2.05, 4.69) is 25.7 Å². The summed E-state index contributed by atoms with van der Waals surface area (Å²) < 4.78 is 11.5. The molecule has 2 fully saturated rings. The highest BCUT2D eigenvalue weighted by atomic mass is 16.6. The van der Waals surface area contributed by atoms with Crippen LogP contribution >= 0.6 is 0 Å². The van der Waals surface area contributed by atoms with Crippen LogP contribution in [0, 0.1) is 0 Å². The van der Waals surface area contributed by atoms with Crippen molar-refractivity contribution in [2.24, 2.45) is 0 Å². The van der Waals surface area contributed by atoms with Gasteiger partial charge in [-0.15, -0.1) is 0 Å². The highest BCUT2D eigenvalue weighted by molar-refractivity contribution is 5.66. The molecule has 0 aromatic carbocycles. The largest absolute Gasteiger partial charge is 0.481 e. The van der Waals surface area contributed by atoms with Gasteiger partial charge in [-0.1, -0.05) is 0 Å². The fraction of sp³-hybridized carbons (Fsp3) is 0.933. The van der Waals surface area contributed by atoms with Gasteiger partial charge in [-0.2, -0.15) is 0 Å². The molecule has 116 valence electrons. The van der Waals surface area contributed by atoms with Gasteiger partial charge in [0.2, 0.25) is 0 Å². The first-order chi connectivity index (χ1) is 9.32. The maximum absolute atomic E-state index is 10.9. The van der Waals surface area contributed by atoms with Crippen LogP contribution in [-0.4, -0.2) is 59.5 Å². The van der Waals surface area contributed by atoms with Gasteiger partial charge in [0, 0.05) is 37.8 Å². The van der Waals surface area contributed by atoms with Crippen molar-refractivity contribution < 1.29 is 19.4 Å². The van der Waals surface area contributed by atoms with Gasteiger partial charge in [-0.25, -0.2) is 0 Å². The average Bonchev–Trinajstić information content (AvgIpc) is 2.75. The summed E-state index contributed by atoms with van der Waals surface area (Å²) in [5.41, 5.74) is -0.159. The van der Waals surface area contributed by atoms with Crippen molar-refractivity contribution >= 4 is 5.97 Å². The Morgan fingerprint density at radius 1 is 1.40 bits per heavy atom. The third-order valence-electron chi connectivity index (χ3n) is 4.40. The minimum atomic E-state index is -0.731. The predicted octanol–water partition coefficient (Wildman–Crippen LogP) is 1.90. The first-order valence-corrected chi connectivity index (χ1v) is 7.53. The van der Waals surface area contributed by atoms with E-state index in [9.17, 15) is 4.79 Å². The van der Waals surface area contributed by atoms with E-state index in [1.54, 1.807) is 0 Å². The fourth-order valence-corrected chi connectivity index (χ4v) is 3.41. The molecule has 2 rings (SSSR count). The summed E-state index contributed by atoms with van der Waals surface area (Å²) in [6.07, 6.45) is 3.07. The molecular formula is C15H27NO4. The molecule has 5 nitrogen and oxygen atoms in total. The molecule has 2 heterocycles. The van der Waals surface area contributed by atoms with Crippen molar-refractivity contribution in [2.75, 3.05) is 26.4 Å². The van der Waals surface area contributed by atoms with Crippen molar-refractivity contribution in [2.45, 2.75) is 63.6 Å². The van der Waals surface area contributed by atoms with E-state index < -0.39 is 5.97 Å². The van der Waals surface area contributed by atoms with Crippen LogP contribution in [0.4, 0.5) is 0 Å². The average molecular weight is 285 g/mol. The number of nitrogens with zero attached hydrogens (tertiary/aromatic N) is 1. The Bertz CT molecular complexity index is 344. The lowest BCUT2D eigenvalue weighted by atomic mass is 9.86. The summed E-state index contributed by atoms with van der Waals surface area (Å²) in [5, 5.41) is 8.96. The third-order valence-corrected chi connectivity index (χ3v) is 4.40. The number of aliphatic carboxylic acids is 1. The number of carboxylic acids is 1. The van der Waals surface area contributed by atoms with Crippen LogP contribution in [0.25, 0.3) is 0 Å². The maximum atomic E-state index is 10.9. The molecule has 0 bridgehead atoms. The topological polar surface area (TPSA) is 59.0 Å². The van der Waals surface area contributed by atoms with E-state index in [0.29, 0.717) is 19.2 Å². The van der Waals surface area contributed by atoms with Gasteiger partial charge in [0.15, 0.2) is 0 Å². The van der Waals surface area contributed by atoms with Crippen LogP contribution in [0.2, 0.25) is 0 Å². The Morgan fingerprint density at radius 2 is 2.15 bits per heavy atom. The molecule has 0 radical (unpaired) electrons. The van der Waals surface area contributed by atoms with Gasteiger partial charge in [0.25, 0.3) is 0 Å². The van der Waals surface area contributed by atoms with E-state index in [1.807, 2.05) is 0 Å². The monoisotopic (exact) mass is 285 g/mol. The molecule has 0 aliphatic carbocycles. The zero-order valence-electron chi connectivity index (χ0n) is 12.9. The van der Waals surface area contributed by atoms with E-state index >= 15 is 0 Å². The lowest BCUT2D eigenvalue weighted by molar-refractivity contribution is -0.139. The minimum absolute atomic E-state index is 0.0297. The van der Waals surface area contributed by atoms with Gasteiger partial charge in [0.05, 0.1) is 18.6 Å². The van der Waals surface area contributed by atoms with E-state index in [-0.39, 0.29) is 17.6 Å². The predicted molar refractivity (Wildman–Crippen MR) is 75.9 cm³/mol. The van der Waals surface area contributed by atoms with E-state index in [1.165, 1.54) is 0 Å². The van der Waals surface area contributed by atoms with Crippen LogP contribution in [0.1, 0.15) is 46.5 Å². The van der Waals surface area contributed by atoms with Crippen LogP contribution in [0.3, 0.4) is 0 Å². The zero-order valence-corrected chi connectivity index (χ0v) is 12.9. The zero-order chi connectivity index (χ0) is 14.8. The molecule has 1 spiro atoms. The molecule has 1 N–H and O–H groups in total. The Balaban J connectivity index is 2.05. The summed E-state index contributed by atoms with van der Waals surface area (Å²) in [4.78, 5) is 13.2. The molecule has 0 aromatic heterocycles. The maximum Gasteiger partial charge on any atom is 0.304 e. The summed E-state index contributed by atoms with van der Waals surface area (Å²) in [5.74, 6) is -0.731. The Morgan fingerprint density at radius 3 is 2.70 bits per heavy atom. The number of hydrogen-bond donors (Lipinski definition) is 1. The SMILES string of the molecule is CC(C)(C)N(CCC(=O)O)C1CCOC2(CCOC2)C1. The normalized spacial score (nSPS) is 31.1. The first-order valence-electron chi connectivity index (χ1n) is 7.53. The molecule has 2 aliphatic heterocycles. The van der Waals surface area contributed by atoms with Crippen molar-refractivity contribution in [3.05, 3.63) is 0 Å². The fourth-order valence-electron chi connectivity index (χ4n) is 3.41. The number of rotatable bonds is 4. The van der Waals surface area contributed by atoms with Crippen LogP contribution in [0.5, 0.6) is 0 Å². The summed E-state index contributed by atoms with van der Waals surface area (Å²) in [7, 11) is 0. The lowest BCUT2D eigenvalue weighted by Crippen LogP contribution is -2.55. The van der Waals surface area contributed by atoms with Gasteiger partial charge in [-0.05, 0) is 33.6 Å². The van der Waals surface area contributed by atoms with Crippen LogP contribution in [0.15, 0.2) is 0 Å². The standard InChI is InChI=1S/C15H27NO4/c1-14(2,3)16(7-4-13(17)18)12-5-8-20-15(10-12)6-9-19-11-15/h12H,4-11H2,1-3H3,(H,17,18). The highest BCUT2D eigenvalue weighted by Gasteiger charge is 2.44. The Hall–Kier alpha value is -0.650. The summed E-state index contributed by atoms with van der Waals surface area (Å²) in [6, 6.07) is 0.379. The molecule has 20 heavy (non-hydrogen) atoms. The van der Waals surface area contributed by atoms with E-state index in [4.69, 9.17) is 14.6 Å². The van der Waals surface area contributed by atoms with Crippen molar-refractivity contribution in [3.63, 3.8) is 0 Å². The van der Waals surface area contributed by atoms with Gasteiger partial charge >= 0.3 is 5.97 Å². The molecule has 0 saturated carbocycles.